The lowest BCUT2D eigenvalue weighted by molar-refractivity contribution is 0.1000. The van der Waals surface area contributed by atoms with Crippen molar-refractivity contribution in [2.45, 2.75) is 5.16 Å². The summed E-state index contributed by atoms with van der Waals surface area (Å²) in [5, 5.41) is 7.45. The number of sulfone groups is 1. The van der Waals surface area contributed by atoms with E-state index >= 15 is 0 Å². The molecular weight excluding hydrogens is 308 g/mol. The fraction of sp³-hybridized carbons (Fsp3) is 0.0833. The van der Waals surface area contributed by atoms with E-state index in [4.69, 9.17) is 5.73 Å². The maximum absolute atomic E-state index is 11.6. The van der Waals surface area contributed by atoms with Crippen LogP contribution in [0.3, 0.4) is 0 Å². The van der Waals surface area contributed by atoms with E-state index in [-0.39, 0.29) is 10.8 Å². The number of nitrogens with two attached hydrogens (primary N) is 1. The van der Waals surface area contributed by atoms with Gasteiger partial charge in [0.25, 0.3) is 0 Å². The van der Waals surface area contributed by atoms with Crippen LogP contribution in [0.5, 0.6) is 0 Å². The number of aromatic nitrogens is 5. The molecule has 3 rings (SSSR count). The molecule has 0 aliphatic heterocycles. The lowest BCUT2D eigenvalue weighted by Crippen LogP contribution is -2.11. The van der Waals surface area contributed by atoms with Gasteiger partial charge in [0.15, 0.2) is 11.2 Å². The number of hydrogen-bond acceptors (Lipinski definition) is 7. The first kappa shape index (κ1) is 14.1. The summed E-state index contributed by atoms with van der Waals surface area (Å²) in [5.74, 6) is -0.585. The predicted molar refractivity (Wildman–Crippen MR) is 76.1 cm³/mol. The van der Waals surface area contributed by atoms with Gasteiger partial charge in [0.2, 0.25) is 20.9 Å². The van der Waals surface area contributed by atoms with Gasteiger partial charge in [-0.15, -0.1) is 5.10 Å². The van der Waals surface area contributed by atoms with Gasteiger partial charge < -0.3 is 5.73 Å². The van der Waals surface area contributed by atoms with E-state index in [9.17, 15) is 13.2 Å². The number of rotatable bonds is 3. The van der Waals surface area contributed by atoms with Crippen LogP contribution in [-0.2, 0) is 9.84 Å². The van der Waals surface area contributed by atoms with Crippen LogP contribution in [-0.4, -0.2) is 45.5 Å². The molecule has 0 unspecified atom stereocenters. The number of carbonyl (C=O) groups is 1. The number of nitrogens with zero attached hydrogens (tertiary/aromatic N) is 5. The SMILES string of the molecule is CS(=O)(=O)c1ncc2nnn(-c3cccc(C(N)=O)c3)c2n1. The van der Waals surface area contributed by atoms with Crippen LogP contribution < -0.4 is 5.73 Å². The van der Waals surface area contributed by atoms with Gasteiger partial charge in [-0.05, 0) is 18.2 Å². The van der Waals surface area contributed by atoms with Gasteiger partial charge in [0.05, 0.1) is 11.9 Å². The number of carbonyl (C=O) groups excluding carboxylic acids is 1. The normalized spacial score (nSPS) is 11.7. The highest BCUT2D eigenvalue weighted by molar-refractivity contribution is 7.90. The summed E-state index contributed by atoms with van der Waals surface area (Å²) in [4.78, 5) is 19.0. The summed E-state index contributed by atoms with van der Waals surface area (Å²) in [6.45, 7) is 0. The summed E-state index contributed by atoms with van der Waals surface area (Å²) in [6.07, 6.45) is 2.29. The molecule has 9 nitrogen and oxygen atoms in total. The molecule has 22 heavy (non-hydrogen) atoms. The van der Waals surface area contributed by atoms with Crippen LogP contribution in [0, 0.1) is 0 Å². The summed E-state index contributed by atoms with van der Waals surface area (Å²) in [6, 6.07) is 6.37. The van der Waals surface area contributed by atoms with Gasteiger partial charge in [0, 0.05) is 11.8 Å². The second-order valence-corrected chi connectivity index (χ2v) is 6.46. The van der Waals surface area contributed by atoms with Gasteiger partial charge in [-0.25, -0.2) is 13.4 Å². The van der Waals surface area contributed by atoms with Crippen molar-refractivity contribution in [3.63, 3.8) is 0 Å². The second-order valence-electron chi connectivity index (χ2n) is 4.55. The molecule has 1 aromatic carbocycles. The van der Waals surface area contributed by atoms with Crippen molar-refractivity contribution in [3.05, 3.63) is 36.0 Å². The van der Waals surface area contributed by atoms with Gasteiger partial charge in [-0.3, -0.25) is 4.79 Å². The molecule has 0 bridgehead atoms. The highest BCUT2D eigenvalue weighted by Crippen LogP contribution is 2.16. The van der Waals surface area contributed by atoms with E-state index in [2.05, 4.69) is 20.3 Å². The molecule has 0 spiro atoms. The van der Waals surface area contributed by atoms with Crippen molar-refractivity contribution < 1.29 is 13.2 Å². The zero-order valence-electron chi connectivity index (χ0n) is 11.3. The van der Waals surface area contributed by atoms with E-state index in [0.717, 1.165) is 6.26 Å². The third-order valence-corrected chi connectivity index (χ3v) is 3.74. The molecule has 0 radical (unpaired) electrons. The monoisotopic (exact) mass is 318 g/mol. The maximum Gasteiger partial charge on any atom is 0.248 e. The van der Waals surface area contributed by atoms with Crippen molar-refractivity contribution >= 4 is 26.9 Å². The molecule has 3 aromatic rings. The van der Waals surface area contributed by atoms with Crippen molar-refractivity contribution in [3.8, 4) is 5.69 Å². The molecule has 2 aromatic heterocycles. The zero-order valence-corrected chi connectivity index (χ0v) is 12.1. The largest absolute Gasteiger partial charge is 0.366 e. The summed E-state index contributed by atoms with van der Waals surface area (Å²) >= 11 is 0. The Morgan fingerprint density at radius 1 is 1.32 bits per heavy atom. The predicted octanol–water partition coefficient (Wildman–Crippen LogP) is -0.287. The Morgan fingerprint density at radius 3 is 2.77 bits per heavy atom. The van der Waals surface area contributed by atoms with Gasteiger partial charge in [-0.2, -0.15) is 9.67 Å². The van der Waals surface area contributed by atoms with Crippen LogP contribution in [0.15, 0.2) is 35.6 Å². The minimum atomic E-state index is -3.56. The van der Waals surface area contributed by atoms with Crippen LogP contribution in [0.2, 0.25) is 0 Å². The standard InChI is InChI=1S/C12H10N6O3S/c1-22(20,21)12-14-6-9-11(15-12)18(17-16-9)8-4-2-3-7(5-8)10(13)19/h2-6H,1H3,(H2,13,19). The summed E-state index contributed by atoms with van der Waals surface area (Å²) in [7, 11) is -3.56. The molecule has 2 heterocycles. The molecule has 0 fully saturated rings. The first-order valence-electron chi connectivity index (χ1n) is 6.05. The molecule has 0 saturated heterocycles. The summed E-state index contributed by atoms with van der Waals surface area (Å²) < 4.78 is 24.4. The van der Waals surface area contributed by atoms with Crippen molar-refractivity contribution in [1.82, 2.24) is 25.0 Å². The van der Waals surface area contributed by atoms with Crippen molar-refractivity contribution in [2.24, 2.45) is 5.73 Å². The first-order valence-corrected chi connectivity index (χ1v) is 7.94. The van der Waals surface area contributed by atoms with E-state index in [1.165, 1.54) is 16.9 Å². The molecule has 0 atom stereocenters. The van der Waals surface area contributed by atoms with Gasteiger partial charge >= 0.3 is 0 Å². The van der Waals surface area contributed by atoms with Crippen molar-refractivity contribution in [2.75, 3.05) is 6.26 Å². The van der Waals surface area contributed by atoms with E-state index in [1.54, 1.807) is 18.2 Å². The summed E-state index contributed by atoms with van der Waals surface area (Å²) in [5.41, 5.74) is 6.56. The Balaban J connectivity index is 2.23. The number of primary amides is 1. The van der Waals surface area contributed by atoms with Crippen LogP contribution in [0.4, 0.5) is 0 Å². The topological polar surface area (TPSA) is 134 Å². The molecule has 1 amide bonds. The Hall–Kier alpha value is -2.88. The zero-order chi connectivity index (χ0) is 15.9. The number of benzene rings is 1. The Bertz CT molecular complexity index is 995. The van der Waals surface area contributed by atoms with E-state index in [0.29, 0.717) is 16.8 Å². The third-order valence-electron chi connectivity index (χ3n) is 2.88. The Morgan fingerprint density at radius 2 is 2.09 bits per heavy atom. The van der Waals surface area contributed by atoms with Crippen molar-refractivity contribution in [1.29, 1.82) is 0 Å². The average molecular weight is 318 g/mol. The van der Waals surface area contributed by atoms with Gasteiger partial charge in [-0.1, -0.05) is 11.3 Å². The first-order chi connectivity index (χ1) is 10.4. The molecule has 112 valence electrons. The lowest BCUT2D eigenvalue weighted by Gasteiger charge is -2.03. The molecule has 0 aliphatic rings. The number of fused-ring (bicyclic) bond motifs is 1. The third kappa shape index (κ3) is 2.39. The fourth-order valence-electron chi connectivity index (χ4n) is 1.86. The fourth-order valence-corrected chi connectivity index (χ4v) is 2.35. The average Bonchev–Trinajstić information content (AvgIpc) is 2.89. The molecule has 2 N–H and O–H groups in total. The quantitative estimate of drug-likeness (QED) is 0.656. The van der Waals surface area contributed by atoms with E-state index < -0.39 is 15.7 Å². The van der Waals surface area contributed by atoms with E-state index in [1.807, 2.05) is 0 Å². The maximum atomic E-state index is 11.6. The van der Waals surface area contributed by atoms with Crippen LogP contribution >= 0.6 is 0 Å². The van der Waals surface area contributed by atoms with Gasteiger partial charge in [0.1, 0.15) is 0 Å². The van der Waals surface area contributed by atoms with Crippen LogP contribution in [0.25, 0.3) is 16.9 Å². The smallest absolute Gasteiger partial charge is 0.248 e. The lowest BCUT2D eigenvalue weighted by atomic mass is 10.2. The Labute approximate surface area is 124 Å². The highest BCUT2D eigenvalue weighted by Gasteiger charge is 2.16. The minimum absolute atomic E-state index is 0.219. The molecule has 10 heteroatoms. The second kappa shape index (κ2) is 4.84. The molecular formula is C12H10N6O3S. The molecule has 0 aliphatic carbocycles. The highest BCUT2D eigenvalue weighted by atomic mass is 32.2. The minimum Gasteiger partial charge on any atom is -0.366 e. The molecule has 0 saturated carbocycles. The number of hydrogen-bond donors (Lipinski definition) is 1. The Kier molecular flexibility index (Phi) is 3.10. The van der Waals surface area contributed by atoms with Crippen LogP contribution in [0.1, 0.15) is 10.4 Å². The number of amides is 1.